The van der Waals surface area contributed by atoms with E-state index in [1.807, 2.05) is 13.8 Å². The van der Waals surface area contributed by atoms with Crippen molar-refractivity contribution < 1.29 is 22.7 Å². The molecule has 1 N–H and O–H groups in total. The lowest BCUT2D eigenvalue weighted by molar-refractivity contribution is 0.0601. The topological polar surface area (TPSA) is 92.8 Å². The minimum absolute atomic E-state index is 0.148. The van der Waals surface area contributed by atoms with E-state index in [1.54, 1.807) is 13.8 Å². The number of thiophene rings is 1. The summed E-state index contributed by atoms with van der Waals surface area (Å²) in [6.07, 6.45) is 1.69. The van der Waals surface area contributed by atoms with Gasteiger partial charge in [-0.05, 0) is 50.1 Å². The van der Waals surface area contributed by atoms with Crippen LogP contribution in [-0.2, 0) is 14.8 Å². The van der Waals surface area contributed by atoms with E-state index in [4.69, 9.17) is 4.74 Å². The lowest BCUT2D eigenvalue weighted by atomic mass is 10.1. The van der Waals surface area contributed by atoms with Crippen LogP contribution in [0, 0.1) is 13.8 Å². The summed E-state index contributed by atoms with van der Waals surface area (Å²) in [5, 5.41) is 3.15. The smallest absolute Gasteiger partial charge is 0.341 e. The van der Waals surface area contributed by atoms with Crippen molar-refractivity contribution in [2.24, 2.45) is 0 Å². The van der Waals surface area contributed by atoms with Crippen LogP contribution >= 0.6 is 11.3 Å². The second-order valence-corrected chi connectivity index (χ2v) is 9.97. The van der Waals surface area contributed by atoms with Crippen molar-refractivity contribution >= 4 is 38.2 Å². The van der Waals surface area contributed by atoms with Crippen LogP contribution < -0.4 is 5.32 Å². The highest BCUT2D eigenvalue weighted by atomic mass is 32.2. The van der Waals surface area contributed by atoms with E-state index >= 15 is 0 Å². The van der Waals surface area contributed by atoms with Gasteiger partial charge in [0.1, 0.15) is 5.00 Å². The monoisotopic (exact) mass is 452 g/mol. The number of nitrogens with zero attached hydrogens (tertiary/aromatic N) is 1. The Morgan fingerprint density at radius 2 is 1.77 bits per heavy atom. The Balaban J connectivity index is 2.24. The fourth-order valence-electron chi connectivity index (χ4n) is 2.95. The molecule has 0 atom stereocenters. The van der Waals surface area contributed by atoms with Crippen LogP contribution in [0.3, 0.4) is 0 Å². The number of unbranched alkanes of at least 4 members (excludes halogenated alkanes) is 1. The van der Waals surface area contributed by atoms with Crippen molar-refractivity contribution in [1.82, 2.24) is 4.31 Å². The first-order valence-electron chi connectivity index (χ1n) is 9.77. The second-order valence-electron chi connectivity index (χ2n) is 6.81. The van der Waals surface area contributed by atoms with Gasteiger partial charge in [-0.2, -0.15) is 4.31 Å². The van der Waals surface area contributed by atoms with E-state index in [0.717, 1.165) is 23.3 Å². The Bertz CT molecular complexity index is 1010. The summed E-state index contributed by atoms with van der Waals surface area (Å²) >= 11 is 1.29. The molecule has 0 fully saturated rings. The molecule has 7 nitrogen and oxygen atoms in total. The number of amides is 1. The molecule has 0 aliphatic rings. The summed E-state index contributed by atoms with van der Waals surface area (Å²) < 4.78 is 31.9. The van der Waals surface area contributed by atoms with E-state index in [-0.39, 0.29) is 4.90 Å². The Labute approximate surface area is 182 Å². The maximum Gasteiger partial charge on any atom is 0.341 e. The maximum absolute atomic E-state index is 12.8. The average Bonchev–Trinajstić information content (AvgIpc) is 3.01. The van der Waals surface area contributed by atoms with Gasteiger partial charge < -0.3 is 10.1 Å². The van der Waals surface area contributed by atoms with Crippen LogP contribution in [-0.4, -0.2) is 44.8 Å². The molecule has 2 aromatic rings. The zero-order valence-electron chi connectivity index (χ0n) is 17.9. The van der Waals surface area contributed by atoms with Gasteiger partial charge in [0.2, 0.25) is 10.0 Å². The predicted molar refractivity (Wildman–Crippen MR) is 119 cm³/mol. The van der Waals surface area contributed by atoms with Gasteiger partial charge in [0.15, 0.2) is 0 Å². The van der Waals surface area contributed by atoms with E-state index in [9.17, 15) is 18.0 Å². The number of carbonyl (C=O) groups excluding carboxylic acids is 2. The highest BCUT2D eigenvalue weighted by molar-refractivity contribution is 7.89. The summed E-state index contributed by atoms with van der Waals surface area (Å²) in [6.45, 7) is 8.32. The number of anilines is 1. The van der Waals surface area contributed by atoms with Gasteiger partial charge in [0, 0.05) is 23.5 Å². The van der Waals surface area contributed by atoms with E-state index in [2.05, 4.69) is 5.32 Å². The van der Waals surface area contributed by atoms with Crippen LogP contribution in [0.5, 0.6) is 0 Å². The molecule has 2 rings (SSSR count). The van der Waals surface area contributed by atoms with Gasteiger partial charge in [-0.3, -0.25) is 4.79 Å². The third-order valence-corrected chi connectivity index (χ3v) is 7.98. The number of rotatable bonds is 9. The molecule has 9 heteroatoms. The van der Waals surface area contributed by atoms with E-state index < -0.39 is 21.9 Å². The van der Waals surface area contributed by atoms with Gasteiger partial charge in [-0.1, -0.05) is 20.3 Å². The van der Waals surface area contributed by atoms with Crippen molar-refractivity contribution in [3.63, 3.8) is 0 Å². The fourth-order valence-corrected chi connectivity index (χ4v) is 5.48. The molecule has 0 spiro atoms. The van der Waals surface area contributed by atoms with Crippen molar-refractivity contribution in [3.05, 3.63) is 45.8 Å². The maximum atomic E-state index is 12.8. The van der Waals surface area contributed by atoms with Gasteiger partial charge in [0.05, 0.1) is 17.6 Å². The Morgan fingerprint density at radius 1 is 1.13 bits per heavy atom. The normalized spacial score (nSPS) is 11.5. The fraction of sp³-hybridized carbons (Fsp3) is 0.429. The third-order valence-electron chi connectivity index (χ3n) is 4.87. The van der Waals surface area contributed by atoms with Gasteiger partial charge in [0.25, 0.3) is 5.91 Å². The predicted octanol–water partition coefficient (Wildman–Crippen LogP) is 4.21. The van der Waals surface area contributed by atoms with Gasteiger partial charge in [-0.25, -0.2) is 13.2 Å². The molecule has 0 radical (unpaired) electrons. The van der Waals surface area contributed by atoms with Crippen LogP contribution in [0.25, 0.3) is 0 Å². The number of benzene rings is 1. The highest BCUT2D eigenvalue weighted by Gasteiger charge is 2.24. The number of esters is 1. The molecule has 0 saturated carbocycles. The summed E-state index contributed by atoms with van der Waals surface area (Å²) in [7, 11) is -2.31. The van der Waals surface area contributed by atoms with Crippen LogP contribution in [0.1, 0.15) is 57.8 Å². The molecule has 164 valence electrons. The first-order valence-corrected chi connectivity index (χ1v) is 12.0. The number of methoxy groups -OCH3 is 1. The number of ether oxygens (including phenoxy) is 1. The van der Waals surface area contributed by atoms with Gasteiger partial charge in [-0.15, -0.1) is 11.3 Å². The van der Waals surface area contributed by atoms with E-state index in [1.165, 1.54) is 47.0 Å². The zero-order chi connectivity index (χ0) is 22.5. The quantitative estimate of drug-likeness (QED) is 0.575. The Hall–Kier alpha value is -2.23. The van der Waals surface area contributed by atoms with Crippen LogP contribution in [0.4, 0.5) is 5.00 Å². The number of hydrogen-bond acceptors (Lipinski definition) is 6. The summed E-state index contributed by atoms with van der Waals surface area (Å²) in [5.41, 5.74) is 1.39. The lowest BCUT2D eigenvalue weighted by Gasteiger charge is -2.20. The first kappa shape index (κ1) is 24.0. The molecule has 0 aliphatic carbocycles. The molecule has 0 unspecified atom stereocenters. The number of aryl methyl sites for hydroxylation is 1. The average molecular weight is 453 g/mol. The van der Waals surface area contributed by atoms with E-state index in [0.29, 0.717) is 29.2 Å². The van der Waals surface area contributed by atoms with Crippen molar-refractivity contribution in [3.8, 4) is 0 Å². The minimum Gasteiger partial charge on any atom is -0.465 e. The second kappa shape index (κ2) is 10.2. The zero-order valence-corrected chi connectivity index (χ0v) is 19.6. The molecule has 1 aromatic heterocycles. The largest absolute Gasteiger partial charge is 0.465 e. The SMILES string of the molecule is CCCCN(CC)S(=O)(=O)c1ccc(C(=O)Nc2sc(C)c(C)c2C(=O)OC)cc1. The third kappa shape index (κ3) is 5.08. The summed E-state index contributed by atoms with van der Waals surface area (Å²) in [5.74, 6) is -0.941. The molecular weight excluding hydrogens is 424 g/mol. The van der Waals surface area contributed by atoms with Crippen molar-refractivity contribution in [2.75, 3.05) is 25.5 Å². The number of nitrogens with one attached hydrogen (secondary N) is 1. The Kier molecular flexibility index (Phi) is 8.17. The molecule has 0 aliphatic heterocycles. The van der Waals surface area contributed by atoms with Crippen LogP contribution in [0.2, 0.25) is 0 Å². The number of carbonyl (C=O) groups is 2. The molecule has 0 bridgehead atoms. The molecule has 1 aromatic carbocycles. The summed E-state index contributed by atoms with van der Waals surface area (Å²) in [6, 6.07) is 5.82. The number of hydrogen-bond donors (Lipinski definition) is 1. The Morgan fingerprint density at radius 3 is 2.30 bits per heavy atom. The lowest BCUT2D eigenvalue weighted by Crippen LogP contribution is -2.31. The number of sulfonamides is 1. The summed E-state index contributed by atoms with van der Waals surface area (Å²) in [4.78, 5) is 25.8. The minimum atomic E-state index is -3.61. The van der Waals surface area contributed by atoms with Crippen molar-refractivity contribution in [1.29, 1.82) is 0 Å². The highest BCUT2D eigenvalue weighted by Crippen LogP contribution is 2.33. The molecule has 0 saturated heterocycles. The van der Waals surface area contributed by atoms with Crippen molar-refractivity contribution in [2.45, 2.75) is 45.4 Å². The molecule has 1 amide bonds. The first-order chi connectivity index (χ1) is 14.2. The molecular formula is C21H28N2O5S2. The van der Waals surface area contributed by atoms with Crippen LogP contribution in [0.15, 0.2) is 29.2 Å². The standard InChI is InChI=1S/C21H28N2O5S2/c1-6-8-13-23(7-2)30(26,27)17-11-9-16(10-12-17)19(24)22-20-18(21(25)28-5)14(3)15(4)29-20/h9-12H,6-8,13H2,1-5H3,(H,22,24). The molecule has 1 heterocycles. The van der Waals surface area contributed by atoms with Gasteiger partial charge >= 0.3 is 5.97 Å². The molecule has 30 heavy (non-hydrogen) atoms.